The second-order valence-electron chi connectivity index (χ2n) is 6.94. The van der Waals surface area contributed by atoms with Gasteiger partial charge in [-0.2, -0.15) is 0 Å². The van der Waals surface area contributed by atoms with Crippen LogP contribution in [0.25, 0.3) is 0 Å². The molecule has 2 aliphatic rings. The first kappa shape index (κ1) is 15.5. The molecule has 0 radical (unpaired) electrons. The third kappa shape index (κ3) is 2.02. The minimum absolute atomic E-state index is 0.102. The highest BCUT2D eigenvalue weighted by Gasteiger charge is 2.61. The van der Waals surface area contributed by atoms with E-state index in [2.05, 4.69) is 26.0 Å². The number of carbonyl (C=O) groups excluding carboxylic acids is 1. The summed E-state index contributed by atoms with van der Waals surface area (Å²) in [6.45, 7) is 5.85. The molecular weight excluding hydrogens is 274 g/mol. The maximum atomic E-state index is 13.4. The summed E-state index contributed by atoms with van der Waals surface area (Å²) in [4.78, 5) is 15.4. The van der Waals surface area contributed by atoms with Gasteiger partial charge in [-0.3, -0.25) is 4.79 Å². The van der Waals surface area contributed by atoms with E-state index in [1.54, 1.807) is 0 Å². The molecule has 1 unspecified atom stereocenters. The monoisotopic (exact) mass is 301 g/mol. The van der Waals surface area contributed by atoms with Crippen LogP contribution < -0.4 is 0 Å². The SMILES string of the molecule is CCN1CC[C@@]2(CC)C[C@@H](O)CCC2(c2ccccc2)C1=O. The van der Waals surface area contributed by atoms with Crippen molar-refractivity contribution in [2.75, 3.05) is 13.1 Å². The van der Waals surface area contributed by atoms with Crippen LogP contribution in [0.3, 0.4) is 0 Å². The predicted molar refractivity (Wildman–Crippen MR) is 87.6 cm³/mol. The number of piperidine rings is 1. The fourth-order valence-electron chi connectivity index (χ4n) is 4.97. The lowest BCUT2D eigenvalue weighted by Gasteiger charge is -2.59. The molecule has 1 aromatic rings. The van der Waals surface area contributed by atoms with Crippen LogP contribution in [0, 0.1) is 5.41 Å². The van der Waals surface area contributed by atoms with E-state index in [1.165, 1.54) is 0 Å². The van der Waals surface area contributed by atoms with Gasteiger partial charge in [-0.05, 0) is 50.0 Å². The smallest absolute Gasteiger partial charge is 0.233 e. The quantitative estimate of drug-likeness (QED) is 0.932. The number of aliphatic hydroxyl groups excluding tert-OH is 1. The molecule has 1 N–H and O–H groups in total. The third-order valence-electron chi connectivity index (χ3n) is 6.22. The summed E-state index contributed by atoms with van der Waals surface area (Å²) in [6.07, 6.45) is 3.91. The molecule has 1 saturated carbocycles. The highest BCUT2D eigenvalue weighted by atomic mass is 16.3. The lowest BCUT2D eigenvalue weighted by molar-refractivity contribution is -0.159. The standard InChI is InChI=1S/C19H27NO2/c1-3-18-12-13-20(4-2)17(22)19(18,11-10-16(21)14-18)15-8-6-5-7-9-15/h5-9,16,21H,3-4,10-14H2,1-2H3/t16-,18-,19?/m0/s1. The minimum atomic E-state index is -0.448. The molecule has 22 heavy (non-hydrogen) atoms. The number of carbonyl (C=O) groups is 1. The Morgan fingerprint density at radius 1 is 1.23 bits per heavy atom. The molecular formula is C19H27NO2. The van der Waals surface area contributed by atoms with Crippen LogP contribution >= 0.6 is 0 Å². The number of benzene rings is 1. The van der Waals surface area contributed by atoms with Gasteiger partial charge in [-0.15, -0.1) is 0 Å². The van der Waals surface area contributed by atoms with Crippen LogP contribution in [-0.2, 0) is 10.2 Å². The predicted octanol–water partition coefficient (Wildman–Crippen LogP) is 3.12. The van der Waals surface area contributed by atoms with E-state index in [-0.39, 0.29) is 17.4 Å². The van der Waals surface area contributed by atoms with E-state index in [4.69, 9.17) is 0 Å². The van der Waals surface area contributed by atoms with Crippen LogP contribution in [-0.4, -0.2) is 35.1 Å². The Kier molecular flexibility index (Phi) is 4.02. The zero-order valence-electron chi connectivity index (χ0n) is 13.7. The molecule has 1 heterocycles. The molecule has 0 bridgehead atoms. The fraction of sp³-hybridized carbons (Fsp3) is 0.632. The molecule has 3 atom stereocenters. The molecule has 3 rings (SSSR count). The first-order valence-corrected chi connectivity index (χ1v) is 8.62. The Balaban J connectivity index is 2.17. The number of aliphatic hydroxyl groups is 1. The van der Waals surface area contributed by atoms with Crippen molar-refractivity contribution in [3.8, 4) is 0 Å². The van der Waals surface area contributed by atoms with Gasteiger partial charge in [0.1, 0.15) is 0 Å². The Hall–Kier alpha value is -1.35. The van der Waals surface area contributed by atoms with Gasteiger partial charge in [0.25, 0.3) is 0 Å². The van der Waals surface area contributed by atoms with E-state index in [0.29, 0.717) is 0 Å². The maximum Gasteiger partial charge on any atom is 0.233 e. The zero-order chi connectivity index (χ0) is 15.8. The number of hydrogen-bond acceptors (Lipinski definition) is 2. The van der Waals surface area contributed by atoms with Gasteiger partial charge in [0, 0.05) is 13.1 Å². The van der Waals surface area contributed by atoms with Gasteiger partial charge < -0.3 is 10.0 Å². The molecule has 1 aliphatic heterocycles. The van der Waals surface area contributed by atoms with Gasteiger partial charge in [-0.25, -0.2) is 0 Å². The molecule has 2 fully saturated rings. The summed E-state index contributed by atoms with van der Waals surface area (Å²) < 4.78 is 0. The van der Waals surface area contributed by atoms with Crippen molar-refractivity contribution in [3.63, 3.8) is 0 Å². The molecule has 1 aliphatic carbocycles. The highest BCUT2D eigenvalue weighted by Crippen LogP contribution is 2.59. The highest BCUT2D eigenvalue weighted by molar-refractivity contribution is 5.90. The second kappa shape index (κ2) is 5.69. The lowest BCUT2D eigenvalue weighted by Crippen LogP contribution is -2.64. The number of nitrogens with zero attached hydrogens (tertiary/aromatic N) is 1. The van der Waals surface area contributed by atoms with Crippen molar-refractivity contribution in [1.82, 2.24) is 4.90 Å². The van der Waals surface area contributed by atoms with Gasteiger partial charge >= 0.3 is 0 Å². The van der Waals surface area contributed by atoms with E-state index in [1.807, 2.05) is 23.1 Å². The summed E-state index contributed by atoms with van der Waals surface area (Å²) in [5, 5.41) is 10.3. The fourth-order valence-corrected chi connectivity index (χ4v) is 4.97. The number of hydrogen-bond donors (Lipinski definition) is 1. The van der Waals surface area contributed by atoms with Gasteiger partial charge in [0.05, 0.1) is 11.5 Å². The summed E-state index contributed by atoms with van der Waals surface area (Å²) >= 11 is 0. The summed E-state index contributed by atoms with van der Waals surface area (Å²) in [6, 6.07) is 10.3. The van der Waals surface area contributed by atoms with Crippen molar-refractivity contribution >= 4 is 5.91 Å². The second-order valence-corrected chi connectivity index (χ2v) is 6.94. The molecule has 3 nitrogen and oxygen atoms in total. The zero-order valence-corrected chi connectivity index (χ0v) is 13.7. The summed E-state index contributed by atoms with van der Waals surface area (Å²) in [5.74, 6) is 0.279. The van der Waals surface area contributed by atoms with Crippen molar-refractivity contribution in [1.29, 1.82) is 0 Å². The Morgan fingerprint density at radius 2 is 1.95 bits per heavy atom. The Labute approximate surface area is 133 Å². The molecule has 3 heteroatoms. The van der Waals surface area contributed by atoms with Gasteiger partial charge in [0.15, 0.2) is 0 Å². The molecule has 1 aromatic carbocycles. The van der Waals surface area contributed by atoms with E-state index >= 15 is 0 Å². The van der Waals surface area contributed by atoms with Crippen molar-refractivity contribution in [2.45, 2.75) is 57.5 Å². The number of likely N-dealkylation sites (tertiary alicyclic amines) is 1. The number of likely N-dealkylation sites (N-methyl/N-ethyl adjacent to an activating group) is 1. The largest absolute Gasteiger partial charge is 0.393 e. The number of amides is 1. The van der Waals surface area contributed by atoms with Gasteiger partial charge in [-0.1, -0.05) is 37.3 Å². The van der Waals surface area contributed by atoms with E-state index < -0.39 is 5.41 Å². The number of fused-ring (bicyclic) bond motifs is 1. The minimum Gasteiger partial charge on any atom is -0.393 e. The molecule has 0 spiro atoms. The molecule has 0 aromatic heterocycles. The normalized spacial score (nSPS) is 35.3. The molecule has 1 amide bonds. The maximum absolute atomic E-state index is 13.4. The number of rotatable bonds is 3. The van der Waals surface area contributed by atoms with Crippen LogP contribution in [0.1, 0.15) is 51.5 Å². The van der Waals surface area contributed by atoms with Crippen molar-refractivity contribution < 1.29 is 9.90 Å². The Bertz CT molecular complexity index is 544. The van der Waals surface area contributed by atoms with E-state index in [9.17, 15) is 9.90 Å². The topological polar surface area (TPSA) is 40.5 Å². The average molecular weight is 301 g/mol. The first-order valence-electron chi connectivity index (χ1n) is 8.62. The Morgan fingerprint density at radius 3 is 2.59 bits per heavy atom. The van der Waals surface area contributed by atoms with Crippen molar-refractivity contribution in [2.24, 2.45) is 5.41 Å². The molecule has 1 saturated heterocycles. The van der Waals surface area contributed by atoms with Crippen LogP contribution in [0.4, 0.5) is 0 Å². The molecule has 120 valence electrons. The summed E-state index contributed by atoms with van der Waals surface area (Å²) in [5.41, 5.74) is 0.595. The van der Waals surface area contributed by atoms with Gasteiger partial charge in [0.2, 0.25) is 5.91 Å². The van der Waals surface area contributed by atoms with E-state index in [0.717, 1.165) is 50.8 Å². The third-order valence-corrected chi connectivity index (χ3v) is 6.22. The summed E-state index contributed by atoms with van der Waals surface area (Å²) in [7, 11) is 0. The first-order chi connectivity index (χ1) is 10.6. The average Bonchev–Trinajstić information content (AvgIpc) is 2.56. The van der Waals surface area contributed by atoms with Crippen molar-refractivity contribution in [3.05, 3.63) is 35.9 Å². The van der Waals surface area contributed by atoms with Crippen LogP contribution in [0.15, 0.2) is 30.3 Å². The van der Waals surface area contributed by atoms with Crippen LogP contribution in [0.2, 0.25) is 0 Å². The lowest BCUT2D eigenvalue weighted by atomic mass is 9.48. The van der Waals surface area contributed by atoms with Crippen LogP contribution in [0.5, 0.6) is 0 Å².